The number of benzene rings is 2. The number of aromatic hydroxyl groups is 1. The number of nitrogens with zero attached hydrogens (tertiary/aromatic N) is 2. The third-order valence-corrected chi connectivity index (χ3v) is 4.39. The number of urea groups is 1. The number of amides is 4. The molecule has 10 heteroatoms. The highest BCUT2D eigenvalue weighted by atomic mass is 16.6. The fraction of sp³-hybridized carbons (Fsp3) is 0.150. The van der Waals surface area contributed by atoms with Crippen molar-refractivity contribution in [2.45, 2.75) is 13.8 Å². The lowest BCUT2D eigenvalue weighted by Gasteiger charge is -2.27. The van der Waals surface area contributed by atoms with E-state index in [4.69, 9.17) is 4.74 Å². The van der Waals surface area contributed by atoms with E-state index in [0.29, 0.717) is 0 Å². The molecule has 2 aromatic carbocycles. The second-order valence-electron chi connectivity index (χ2n) is 6.65. The van der Waals surface area contributed by atoms with E-state index in [1.165, 1.54) is 7.11 Å². The maximum atomic E-state index is 13.0. The van der Waals surface area contributed by atoms with Crippen molar-refractivity contribution >= 4 is 35.3 Å². The Bertz CT molecular complexity index is 1120. The van der Waals surface area contributed by atoms with Gasteiger partial charge in [-0.05, 0) is 43.2 Å². The molecule has 0 aliphatic carbocycles. The molecule has 2 N–H and O–H groups in total. The lowest BCUT2D eigenvalue weighted by atomic mass is 10.0. The van der Waals surface area contributed by atoms with E-state index in [0.717, 1.165) is 34.2 Å². The Morgan fingerprint density at radius 2 is 1.73 bits per heavy atom. The predicted octanol–water partition coefficient (Wildman–Crippen LogP) is 2.59. The average molecular weight is 411 g/mol. The SMILES string of the molecule is COc1cc([N+](=O)[O-])cc(/C=C2\C(=O)NC(=O)N(c3cc(C)cc(C)c3)C2=O)c1O. The van der Waals surface area contributed by atoms with Gasteiger partial charge in [-0.3, -0.25) is 25.0 Å². The fourth-order valence-electron chi connectivity index (χ4n) is 3.11. The van der Waals surface area contributed by atoms with Gasteiger partial charge in [0.15, 0.2) is 11.5 Å². The van der Waals surface area contributed by atoms with Crippen LogP contribution in [0.1, 0.15) is 16.7 Å². The molecular weight excluding hydrogens is 394 g/mol. The first-order valence-electron chi connectivity index (χ1n) is 8.67. The number of barbiturate groups is 1. The number of hydrogen-bond acceptors (Lipinski definition) is 7. The zero-order valence-corrected chi connectivity index (χ0v) is 16.3. The van der Waals surface area contributed by atoms with Gasteiger partial charge >= 0.3 is 6.03 Å². The Morgan fingerprint density at radius 3 is 2.30 bits per heavy atom. The molecule has 0 spiro atoms. The smallest absolute Gasteiger partial charge is 0.335 e. The van der Waals surface area contributed by atoms with Crippen LogP contribution in [0.4, 0.5) is 16.2 Å². The third kappa shape index (κ3) is 3.70. The summed E-state index contributed by atoms with van der Waals surface area (Å²) in [6, 6.07) is 6.13. The molecule has 0 atom stereocenters. The van der Waals surface area contributed by atoms with E-state index in [-0.39, 0.29) is 17.0 Å². The van der Waals surface area contributed by atoms with Crippen LogP contribution in [-0.4, -0.2) is 35.0 Å². The zero-order valence-electron chi connectivity index (χ0n) is 16.3. The summed E-state index contributed by atoms with van der Waals surface area (Å²) < 4.78 is 4.92. The van der Waals surface area contributed by atoms with Crippen LogP contribution in [0.5, 0.6) is 11.5 Å². The first-order chi connectivity index (χ1) is 14.1. The molecule has 154 valence electrons. The summed E-state index contributed by atoms with van der Waals surface area (Å²) in [5, 5.41) is 23.5. The molecule has 4 amide bonds. The Labute approximate surface area is 170 Å². The second kappa shape index (κ2) is 7.66. The molecule has 0 unspecified atom stereocenters. The van der Waals surface area contributed by atoms with Crippen molar-refractivity contribution < 1.29 is 29.2 Å². The number of nitro benzene ring substituents is 1. The van der Waals surface area contributed by atoms with Gasteiger partial charge in [0.05, 0.1) is 23.8 Å². The molecule has 0 radical (unpaired) electrons. The first-order valence-corrected chi connectivity index (χ1v) is 8.67. The lowest BCUT2D eigenvalue weighted by molar-refractivity contribution is -0.385. The van der Waals surface area contributed by atoms with Gasteiger partial charge in [-0.25, -0.2) is 9.69 Å². The highest BCUT2D eigenvalue weighted by molar-refractivity contribution is 6.39. The summed E-state index contributed by atoms with van der Waals surface area (Å²) in [4.78, 5) is 48.9. The van der Waals surface area contributed by atoms with E-state index < -0.39 is 39.8 Å². The summed E-state index contributed by atoms with van der Waals surface area (Å²) >= 11 is 0. The molecule has 2 aromatic rings. The van der Waals surface area contributed by atoms with E-state index in [1.807, 2.05) is 6.07 Å². The number of carbonyl (C=O) groups is 3. The minimum atomic E-state index is -0.990. The van der Waals surface area contributed by atoms with Crippen molar-refractivity contribution in [3.8, 4) is 11.5 Å². The van der Waals surface area contributed by atoms with Crippen LogP contribution in [0.15, 0.2) is 35.9 Å². The number of hydrogen-bond donors (Lipinski definition) is 2. The number of phenolic OH excluding ortho intramolecular Hbond substituents is 1. The van der Waals surface area contributed by atoms with Crippen LogP contribution in [0.25, 0.3) is 6.08 Å². The summed E-state index contributed by atoms with van der Waals surface area (Å²) in [6.45, 7) is 3.58. The summed E-state index contributed by atoms with van der Waals surface area (Å²) in [7, 11) is 1.20. The van der Waals surface area contributed by atoms with Crippen LogP contribution in [0, 0.1) is 24.0 Å². The number of phenols is 1. The molecule has 1 aliphatic heterocycles. The van der Waals surface area contributed by atoms with E-state index in [2.05, 4.69) is 5.32 Å². The van der Waals surface area contributed by atoms with Crippen LogP contribution >= 0.6 is 0 Å². The minimum absolute atomic E-state index is 0.186. The zero-order chi connectivity index (χ0) is 22.2. The molecule has 1 fully saturated rings. The van der Waals surface area contributed by atoms with Crippen molar-refractivity contribution in [2.75, 3.05) is 12.0 Å². The maximum absolute atomic E-state index is 13.0. The van der Waals surface area contributed by atoms with Gasteiger partial charge in [0.2, 0.25) is 0 Å². The van der Waals surface area contributed by atoms with E-state index in [1.54, 1.807) is 26.0 Å². The van der Waals surface area contributed by atoms with Crippen LogP contribution in [0.3, 0.4) is 0 Å². The number of rotatable bonds is 4. The van der Waals surface area contributed by atoms with Crippen LogP contribution < -0.4 is 15.0 Å². The van der Waals surface area contributed by atoms with Crippen LogP contribution in [-0.2, 0) is 9.59 Å². The molecule has 0 aromatic heterocycles. The highest BCUT2D eigenvalue weighted by Crippen LogP contribution is 2.36. The number of methoxy groups -OCH3 is 1. The van der Waals surface area contributed by atoms with Crippen molar-refractivity contribution in [1.29, 1.82) is 0 Å². The van der Waals surface area contributed by atoms with Crippen molar-refractivity contribution in [3.05, 3.63) is 62.7 Å². The molecule has 1 aliphatic rings. The van der Waals surface area contributed by atoms with E-state index in [9.17, 15) is 29.6 Å². The molecule has 30 heavy (non-hydrogen) atoms. The molecule has 1 heterocycles. The van der Waals surface area contributed by atoms with Crippen molar-refractivity contribution in [3.63, 3.8) is 0 Å². The highest BCUT2D eigenvalue weighted by Gasteiger charge is 2.37. The Morgan fingerprint density at radius 1 is 1.10 bits per heavy atom. The number of aryl methyl sites for hydroxylation is 2. The van der Waals surface area contributed by atoms with Crippen molar-refractivity contribution in [1.82, 2.24) is 5.32 Å². The van der Waals surface area contributed by atoms with Gasteiger partial charge < -0.3 is 9.84 Å². The third-order valence-electron chi connectivity index (χ3n) is 4.39. The van der Waals surface area contributed by atoms with E-state index >= 15 is 0 Å². The number of anilines is 1. The normalized spacial score (nSPS) is 15.4. The van der Waals surface area contributed by atoms with Gasteiger partial charge in [0.1, 0.15) is 5.57 Å². The van der Waals surface area contributed by atoms with Crippen LogP contribution in [0.2, 0.25) is 0 Å². The lowest BCUT2D eigenvalue weighted by Crippen LogP contribution is -2.54. The monoisotopic (exact) mass is 411 g/mol. The number of ether oxygens (including phenoxy) is 1. The average Bonchev–Trinajstić information content (AvgIpc) is 2.65. The number of carbonyl (C=O) groups excluding carboxylic acids is 3. The van der Waals surface area contributed by atoms with Gasteiger partial charge in [0.25, 0.3) is 17.5 Å². The summed E-state index contributed by atoms with van der Waals surface area (Å²) in [5.74, 6) is -2.62. The topological polar surface area (TPSA) is 139 Å². The number of non-ortho nitro benzene ring substituents is 1. The second-order valence-corrected chi connectivity index (χ2v) is 6.65. The Hall–Kier alpha value is -4.21. The number of nitrogens with one attached hydrogen (secondary N) is 1. The molecule has 0 bridgehead atoms. The van der Waals surface area contributed by atoms with Gasteiger partial charge in [-0.15, -0.1) is 0 Å². The Balaban J connectivity index is 2.13. The molecule has 10 nitrogen and oxygen atoms in total. The molecule has 3 rings (SSSR count). The van der Waals surface area contributed by atoms with Crippen molar-refractivity contribution in [2.24, 2.45) is 0 Å². The van der Waals surface area contributed by atoms with Gasteiger partial charge in [0, 0.05) is 11.6 Å². The molecule has 1 saturated heterocycles. The number of nitro groups is 1. The molecule has 0 saturated carbocycles. The largest absolute Gasteiger partial charge is 0.504 e. The predicted molar refractivity (Wildman–Crippen MR) is 106 cm³/mol. The molecular formula is C20H17N3O7. The fourth-order valence-corrected chi connectivity index (χ4v) is 3.11. The van der Waals surface area contributed by atoms with Gasteiger partial charge in [-0.2, -0.15) is 0 Å². The summed E-state index contributed by atoms with van der Waals surface area (Å²) in [6.07, 6.45) is 0.977. The first kappa shape index (κ1) is 20.5. The standard InChI is InChI=1S/C20H17N3O7/c1-10-4-11(2)6-13(5-10)22-19(26)15(18(25)21-20(22)27)8-12-7-14(23(28)29)9-16(30-3)17(12)24/h4-9,24H,1-3H3,(H,21,25,27)/b15-8+. The minimum Gasteiger partial charge on any atom is -0.504 e. The maximum Gasteiger partial charge on any atom is 0.335 e. The van der Waals surface area contributed by atoms with Gasteiger partial charge in [-0.1, -0.05) is 6.07 Å². The Kier molecular flexibility index (Phi) is 5.24. The summed E-state index contributed by atoms with van der Waals surface area (Å²) in [5.41, 5.74) is 0.778. The quantitative estimate of drug-likeness (QED) is 0.341. The number of imide groups is 2.